The molecule has 126 valence electrons. The van der Waals surface area contributed by atoms with Crippen LogP contribution in [0.2, 0.25) is 0 Å². The van der Waals surface area contributed by atoms with Crippen molar-refractivity contribution in [2.75, 3.05) is 18.0 Å². The number of piperidine rings is 1. The summed E-state index contributed by atoms with van der Waals surface area (Å²) in [7, 11) is 0. The van der Waals surface area contributed by atoms with Crippen LogP contribution in [0.5, 0.6) is 0 Å². The predicted octanol–water partition coefficient (Wildman–Crippen LogP) is 2.22. The van der Waals surface area contributed by atoms with E-state index >= 15 is 0 Å². The molecule has 2 heterocycles. The monoisotopic (exact) mass is 326 g/mol. The molecule has 6 nitrogen and oxygen atoms in total. The quantitative estimate of drug-likeness (QED) is 0.828. The summed E-state index contributed by atoms with van der Waals surface area (Å²) in [6.07, 6.45) is 8.87. The summed E-state index contributed by atoms with van der Waals surface area (Å²) in [6.45, 7) is 2.21. The van der Waals surface area contributed by atoms with Crippen molar-refractivity contribution >= 4 is 17.5 Å². The lowest BCUT2D eigenvalue weighted by Crippen LogP contribution is -2.35. The van der Waals surface area contributed by atoms with Crippen LogP contribution in [-0.2, 0) is 11.3 Å². The second-order valence-corrected chi connectivity index (χ2v) is 5.96. The maximum absolute atomic E-state index is 12.1. The van der Waals surface area contributed by atoms with Crippen molar-refractivity contribution in [1.82, 2.24) is 14.9 Å². The average molecular weight is 326 g/mol. The molecule has 24 heavy (non-hydrogen) atoms. The van der Waals surface area contributed by atoms with E-state index in [0.29, 0.717) is 18.5 Å². The molecular weight excluding hydrogens is 304 g/mol. The molecule has 1 saturated heterocycles. The largest absolute Gasteiger partial charge is 0.352 e. The van der Waals surface area contributed by atoms with Gasteiger partial charge in [-0.25, -0.2) is 4.98 Å². The van der Waals surface area contributed by atoms with Gasteiger partial charge in [0.15, 0.2) is 0 Å². The van der Waals surface area contributed by atoms with Crippen molar-refractivity contribution in [2.24, 2.45) is 0 Å². The first-order valence-corrected chi connectivity index (χ1v) is 8.38. The van der Waals surface area contributed by atoms with Gasteiger partial charge in [-0.2, -0.15) is 0 Å². The van der Waals surface area contributed by atoms with Gasteiger partial charge in [-0.05, 0) is 43.5 Å². The van der Waals surface area contributed by atoms with Crippen LogP contribution < -0.4 is 10.2 Å². The van der Waals surface area contributed by atoms with Gasteiger partial charge in [0.1, 0.15) is 0 Å². The molecular formula is C18H22N4O2. The van der Waals surface area contributed by atoms with Crippen LogP contribution >= 0.6 is 0 Å². The molecule has 1 aliphatic heterocycles. The molecule has 1 aliphatic rings. The van der Waals surface area contributed by atoms with Crippen LogP contribution in [0, 0.1) is 0 Å². The number of carbonyl (C=O) groups excluding carboxylic acids is 2. The Balaban J connectivity index is 1.49. The van der Waals surface area contributed by atoms with Crippen molar-refractivity contribution in [2.45, 2.75) is 32.2 Å². The lowest BCUT2D eigenvalue weighted by Gasteiger charge is -2.26. The Morgan fingerprint density at radius 1 is 1.21 bits per heavy atom. The van der Waals surface area contributed by atoms with Gasteiger partial charge in [0.25, 0.3) is 5.91 Å². The van der Waals surface area contributed by atoms with E-state index in [2.05, 4.69) is 10.3 Å². The standard InChI is InChI=1S/C18H22N4O2/c23-17-4-1-2-12-22(17)16-7-5-15(6-8-16)18(24)20-9-3-11-21-13-10-19-14-21/h5-8,10,13-14H,1-4,9,11-12H2,(H,20,24). The molecule has 0 atom stereocenters. The van der Waals surface area contributed by atoms with Gasteiger partial charge in [0.05, 0.1) is 6.33 Å². The van der Waals surface area contributed by atoms with Gasteiger partial charge in [-0.15, -0.1) is 0 Å². The number of anilines is 1. The van der Waals surface area contributed by atoms with Crippen LogP contribution in [0.25, 0.3) is 0 Å². The number of aryl methyl sites for hydroxylation is 1. The summed E-state index contributed by atoms with van der Waals surface area (Å²) in [5.41, 5.74) is 1.49. The molecule has 2 aromatic rings. The molecule has 0 aliphatic carbocycles. The number of benzene rings is 1. The maximum atomic E-state index is 12.1. The van der Waals surface area contributed by atoms with E-state index in [4.69, 9.17) is 0 Å². The van der Waals surface area contributed by atoms with E-state index in [0.717, 1.165) is 38.0 Å². The van der Waals surface area contributed by atoms with Crippen LogP contribution in [0.4, 0.5) is 5.69 Å². The minimum absolute atomic E-state index is 0.0860. The fraction of sp³-hybridized carbons (Fsp3) is 0.389. The van der Waals surface area contributed by atoms with Gasteiger partial charge in [-0.1, -0.05) is 0 Å². The summed E-state index contributed by atoms with van der Waals surface area (Å²) in [5, 5.41) is 2.92. The Bertz CT molecular complexity index is 680. The Morgan fingerprint density at radius 2 is 2.04 bits per heavy atom. The van der Waals surface area contributed by atoms with Crippen molar-refractivity contribution < 1.29 is 9.59 Å². The first kappa shape index (κ1) is 16.2. The number of hydrogen-bond acceptors (Lipinski definition) is 3. The molecule has 0 spiro atoms. The third kappa shape index (κ3) is 4.01. The lowest BCUT2D eigenvalue weighted by molar-refractivity contribution is -0.119. The Labute approximate surface area is 141 Å². The number of carbonyl (C=O) groups is 2. The van der Waals surface area contributed by atoms with Crippen LogP contribution in [-0.4, -0.2) is 34.5 Å². The van der Waals surface area contributed by atoms with E-state index in [1.54, 1.807) is 29.6 Å². The normalized spacial score (nSPS) is 14.7. The number of nitrogens with zero attached hydrogens (tertiary/aromatic N) is 3. The van der Waals surface area contributed by atoms with E-state index in [1.807, 2.05) is 22.9 Å². The molecule has 0 unspecified atom stereocenters. The number of nitrogens with one attached hydrogen (secondary N) is 1. The van der Waals surface area contributed by atoms with Gasteiger partial charge in [0.2, 0.25) is 5.91 Å². The van der Waals surface area contributed by atoms with Gasteiger partial charge >= 0.3 is 0 Å². The van der Waals surface area contributed by atoms with Crippen molar-refractivity contribution in [1.29, 1.82) is 0 Å². The highest BCUT2D eigenvalue weighted by atomic mass is 16.2. The van der Waals surface area contributed by atoms with Gasteiger partial charge in [0, 0.05) is 49.7 Å². The second kappa shape index (κ2) is 7.77. The topological polar surface area (TPSA) is 67.2 Å². The first-order valence-electron chi connectivity index (χ1n) is 8.38. The van der Waals surface area contributed by atoms with E-state index in [9.17, 15) is 9.59 Å². The third-order valence-electron chi connectivity index (χ3n) is 4.20. The third-order valence-corrected chi connectivity index (χ3v) is 4.20. The number of amides is 2. The number of imidazole rings is 1. The summed E-state index contributed by atoms with van der Waals surface area (Å²) in [4.78, 5) is 29.9. The SMILES string of the molecule is O=C(NCCCn1ccnc1)c1ccc(N2CCCCC2=O)cc1. The fourth-order valence-corrected chi connectivity index (χ4v) is 2.86. The van der Waals surface area contributed by atoms with Crippen LogP contribution in [0.15, 0.2) is 43.0 Å². The molecule has 0 radical (unpaired) electrons. The predicted molar refractivity (Wildman–Crippen MR) is 91.8 cm³/mol. The minimum Gasteiger partial charge on any atom is -0.352 e. The molecule has 1 fully saturated rings. The van der Waals surface area contributed by atoms with E-state index in [1.165, 1.54) is 0 Å². The van der Waals surface area contributed by atoms with Crippen molar-refractivity contribution in [3.05, 3.63) is 48.5 Å². The van der Waals surface area contributed by atoms with Gasteiger partial charge < -0.3 is 14.8 Å². The lowest BCUT2D eigenvalue weighted by atomic mass is 10.1. The minimum atomic E-state index is -0.0860. The molecule has 0 saturated carbocycles. The highest BCUT2D eigenvalue weighted by molar-refractivity contribution is 5.96. The second-order valence-electron chi connectivity index (χ2n) is 5.96. The first-order chi connectivity index (χ1) is 11.7. The average Bonchev–Trinajstić information content (AvgIpc) is 3.13. The van der Waals surface area contributed by atoms with Crippen molar-refractivity contribution in [3.63, 3.8) is 0 Å². The maximum Gasteiger partial charge on any atom is 0.251 e. The molecule has 1 aromatic carbocycles. The highest BCUT2D eigenvalue weighted by Gasteiger charge is 2.19. The smallest absolute Gasteiger partial charge is 0.251 e. The zero-order valence-corrected chi connectivity index (χ0v) is 13.6. The summed E-state index contributed by atoms with van der Waals surface area (Å²) < 4.78 is 1.98. The summed E-state index contributed by atoms with van der Waals surface area (Å²) in [6, 6.07) is 7.26. The summed E-state index contributed by atoms with van der Waals surface area (Å²) >= 11 is 0. The van der Waals surface area contributed by atoms with Crippen molar-refractivity contribution in [3.8, 4) is 0 Å². The molecule has 6 heteroatoms. The molecule has 1 aromatic heterocycles. The van der Waals surface area contributed by atoms with Gasteiger partial charge in [-0.3, -0.25) is 9.59 Å². The number of aromatic nitrogens is 2. The summed E-state index contributed by atoms with van der Waals surface area (Å²) in [5.74, 6) is 0.0788. The van der Waals surface area contributed by atoms with E-state index < -0.39 is 0 Å². The fourth-order valence-electron chi connectivity index (χ4n) is 2.86. The highest BCUT2D eigenvalue weighted by Crippen LogP contribution is 2.21. The van der Waals surface area contributed by atoms with Crippen LogP contribution in [0.3, 0.4) is 0 Å². The number of rotatable bonds is 6. The molecule has 3 rings (SSSR count). The zero-order chi connectivity index (χ0) is 16.8. The Morgan fingerprint density at radius 3 is 2.75 bits per heavy atom. The molecule has 1 N–H and O–H groups in total. The Hall–Kier alpha value is -2.63. The zero-order valence-electron chi connectivity index (χ0n) is 13.6. The molecule has 0 bridgehead atoms. The number of hydrogen-bond donors (Lipinski definition) is 1. The molecule has 2 amide bonds. The van der Waals surface area contributed by atoms with E-state index in [-0.39, 0.29) is 11.8 Å². The Kier molecular flexibility index (Phi) is 5.25. The van der Waals surface area contributed by atoms with Crippen LogP contribution in [0.1, 0.15) is 36.0 Å².